The SMILES string of the molecule is CC(C)(C(=O)ON1C(=O)c2ccccc2C1=O)c1ccc2c(c1)OCCO2. The van der Waals surface area contributed by atoms with Crippen molar-refractivity contribution >= 4 is 17.8 Å². The van der Waals surface area contributed by atoms with Crippen molar-refractivity contribution in [3.05, 3.63) is 59.2 Å². The molecule has 138 valence electrons. The van der Waals surface area contributed by atoms with Gasteiger partial charge in [-0.3, -0.25) is 9.59 Å². The van der Waals surface area contributed by atoms with Gasteiger partial charge in [0, 0.05) is 0 Å². The number of amides is 2. The van der Waals surface area contributed by atoms with Crippen LogP contribution >= 0.6 is 0 Å². The van der Waals surface area contributed by atoms with Crippen LogP contribution in [0.3, 0.4) is 0 Å². The molecular weight excluding hydrogens is 350 g/mol. The van der Waals surface area contributed by atoms with Gasteiger partial charge in [0.2, 0.25) is 0 Å². The summed E-state index contributed by atoms with van der Waals surface area (Å²) in [4.78, 5) is 42.8. The second-order valence-electron chi connectivity index (χ2n) is 6.81. The lowest BCUT2D eigenvalue weighted by molar-refractivity contribution is -0.174. The predicted octanol–water partition coefficient (Wildman–Crippen LogP) is 2.49. The van der Waals surface area contributed by atoms with E-state index < -0.39 is 23.2 Å². The van der Waals surface area contributed by atoms with Crippen molar-refractivity contribution in [1.29, 1.82) is 0 Å². The Kier molecular flexibility index (Phi) is 3.87. The van der Waals surface area contributed by atoms with E-state index in [0.717, 1.165) is 0 Å². The summed E-state index contributed by atoms with van der Waals surface area (Å²) in [6.45, 7) is 4.20. The Bertz CT molecular complexity index is 930. The number of rotatable bonds is 3. The van der Waals surface area contributed by atoms with Crippen molar-refractivity contribution in [1.82, 2.24) is 5.06 Å². The summed E-state index contributed by atoms with van der Waals surface area (Å²) >= 11 is 0. The quantitative estimate of drug-likeness (QED) is 0.775. The maximum atomic E-state index is 12.8. The third-order valence-electron chi connectivity index (χ3n) is 4.71. The lowest BCUT2D eigenvalue weighted by Crippen LogP contribution is -2.40. The Morgan fingerprint density at radius 2 is 1.56 bits per heavy atom. The highest BCUT2D eigenvalue weighted by Crippen LogP contribution is 2.36. The van der Waals surface area contributed by atoms with Gasteiger partial charge < -0.3 is 14.3 Å². The standard InChI is InChI=1S/C20H17NO6/c1-20(2,12-7-8-15-16(11-12)26-10-9-25-15)19(24)27-21-17(22)13-5-3-4-6-14(13)18(21)23/h3-8,11H,9-10H2,1-2H3. The Morgan fingerprint density at radius 3 is 2.19 bits per heavy atom. The molecule has 7 nitrogen and oxygen atoms in total. The molecule has 2 amide bonds. The van der Waals surface area contributed by atoms with Gasteiger partial charge in [-0.2, -0.15) is 0 Å². The topological polar surface area (TPSA) is 82.1 Å². The van der Waals surface area contributed by atoms with Crippen molar-refractivity contribution in [2.24, 2.45) is 0 Å². The number of hydrogen-bond acceptors (Lipinski definition) is 6. The summed E-state index contributed by atoms with van der Waals surface area (Å²) in [6.07, 6.45) is 0. The summed E-state index contributed by atoms with van der Waals surface area (Å²) < 4.78 is 11.0. The number of nitrogens with zero attached hydrogens (tertiary/aromatic N) is 1. The summed E-state index contributed by atoms with van der Waals surface area (Å²) in [6, 6.07) is 11.5. The molecule has 2 heterocycles. The number of hydrogen-bond donors (Lipinski definition) is 0. The summed E-state index contributed by atoms with van der Waals surface area (Å²) in [5, 5.41) is 0.521. The second kappa shape index (κ2) is 6.12. The lowest BCUT2D eigenvalue weighted by atomic mass is 9.84. The normalized spacial score (nSPS) is 15.6. The third-order valence-corrected chi connectivity index (χ3v) is 4.71. The van der Waals surface area contributed by atoms with Gasteiger partial charge in [-0.15, -0.1) is 0 Å². The van der Waals surface area contributed by atoms with Gasteiger partial charge in [0.15, 0.2) is 11.5 Å². The molecule has 0 saturated carbocycles. The molecule has 0 fully saturated rings. The summed E-state index contributed by atoms with van der Waals surface area (Å²) in [7, 11) is 0. The number of hydroxylamine groups is 2. The smallest absolute Gasteiger partial charge is 0.343 e. The van der Waals surface area contributed by atoms with Crippen LogP contribution in [-0.2, 0) is 15.0 Å². The van der Waals surface area contributed by atoms with Crippen LogP contribution in [0.4, 0.5) is 0 Å². The number of benzene rings is 2. The first kappa shape index (κ1) is 17.1. The van der Waals surface area contributed by atoms with Gasteiger partial charge in [0.05, 0.1) is 16.5 Å². The number of ether oxygens (including phenoxy) is 2. The van der Waals surface area contributed by atoms with E-state index in [0.29, 0.717) is 35.3 Å². The van der Waals surface area contributed by atoms with Gasteiger partial charge in [-0.05, 0) is 43.7 Å². The number of fused-ring (bicyclic) bond motifs is 2. The molecule has 2 aliphatic heterocycles. The highest BCUT2D eigenvalue weighted by atomic mass is 16.7. The summed E-state index contributed by atoms with van der Waals surface area (Å²) in [5.74, 6) is -0.882. The highest BCUT2D eigenvalue weighted by molar-refractivity contribution is 6.21. The van der Waals surface area contributed by atoms with Crippen LogP contribution in [0, 0.1) is 0 Å². The Labute approximate surface area is 155 Å². The van der Waals surface area contributed by atoms with Crippen LogP contribution < -0.4 is 9.47 Å². The molecular formula is C20H17NO6. The minimum atomic E-state index is -1.12. The molecule has 0 aliphatic carbocycles. The van der Waals surface area contributed by atoms with Gasteiger partial charge in [0.1, 0.15) is 13.2 Å². The highest BCUT2D eigenvalue weighted by Gasteiger charge is 2.42. The Balaban J connectivity index is 1.58. The van der Waals surface area contributed by atoms with Crippen molar-refractivity contribution < 1.29 is 28.7 Å². The number of carbonyl (C=O) groups excluding carboxylic acids is 3. The lowest BCUT2D eigenvalue weighted by Gasteiger charge is -2.26. The van der Waals surface area contributed by atoms with Crippen LogP contribution in [0.15, 0.2) is 42.5 Å². The fourth-order valence-corrected chi connectivity index (χ4v) is 3.00. The van der Waals surface area contributed by atoms with Crippen molar-refractivity contribution in [2.75, 3.05) is 13.2 Å². The fourth-order valence-electron chi connectivity index (χ4n) is 3.00. The van der Waals surface area contributed by atoms with Crippen LogP contribution in [0.5, 0.6) is 11.5 Å². The molecule has 0 unspecified atom stereocenters. The van der Waals surface area contributed by atoms with Gasteiger partial charge >= 0.3 is 5.97 Å². The zero-order valence-electron chi connectivity index (χ0n) is 14.9. The first-order chi connectivity index (χ1) is 12.9. The first-order valence-corrected chi connectivity index (χ1v) is 8.50. The molecule has 2 aliphatic rings. The third kappa shape index (κ3) is 2.71. The van der Waals surface area contributed by atoms with Crippen LogP contribution in [0.1, 0.15) is 40.1 Å². The van der Waals surface area contributed by atoms with Crippen molar-refractivity contribution in [2.45, 2.75) is 19.3 Å². The van der Waals surface area contributed by atoms with E-state index in [2.05, 4.69) is 0 Å². The van der Waals surface area contributed by atoms with Gasteiger partial charge in [-0.1, -0.05) is 23.3 Å². The molecule has 2 aromatic carbocycles. The van der Waals surface area contributed by atoms with Gasteiger partial charge in [0.25, 0.3) is 11.8 Å². The molecule has 0 radical (unpaired) electrons. The van der Waals surface area contributed by atoms with Crippen molar-refractivity contribution in [3.8, 4) is 11.5 Å². The molecule has 0 saturated heterocycles. The maximum Gasteiger partial charge on any atom is 0.343 e. The van der Waals surface area contributed by atoms with Crippen LogP contribution in [-0.4, -0.2) is 36.1 Å². The zero-order valence-corrected chi connectivity index (χ0v) is 14.9. The van der Waals surface area contributed by atoms with E-state index in [1.807, 2.05) is 0 Å². The molecule has 4 rings (SSSR count). The molecule has 2 aromatic rings. The fraction of sp³-hybridized carbons (Fsp3) is 0.250. The van der Waals surface area contributed by atoms with E-state index in [1.165, 1.54) is 12.1 Å². The average Bonchev–Trinajstić information content (AvgIpc) is 2.92. The number of imide groups is 1. The number of carbonyl (C=O) groups is 3. The Morgan fingerprint density at radius 1 is 0.963 bits per heavy atom. The van der Waals surface area contributed by atoms with Crippen LogP contribution in [0.25, 0.3) is 0 Å². The monoisotopic (exact) mass is 367 g/mol. The minimum absolute atomic E-state index is 0.215. The first-order valence-electron chi connectivity index (χ1n) is 8.50. The van der Waals surface area contributed by atoms with E-state index >= 15 is 0 Å². The van der Waals surface area contributed by atoms with Gasteiger partial charge in [-0.25, -0.2) is 4.79 Å². The zero-order chi connectivity index (χ0) is 19.2. The molecule has 0 bridgehead atoms. The Hall–Kier alpha value is -3.35. The maximum absolute atomic E-state index is 12.8. The molecule has 0 aromatic heterocycles. The molecule has 7 heteroatoms. The van der Waals surface area contributed by atoms with E-state index in [9.17, 15) is 14.4 Å². The van der Waals surface area contributed by atoms with E-state index in [4.69, 9.17) is 14.3 Å². The van der Waals surface area contributed by atoms with Crippen molar-refractivity contribution in [3.63, 3.8) is 0 Å². The predicted molar refractivity (Wildman–Crippen MR) is 93.5 cm³/mol. The largest absolute Gasteiger partial charge is 0.486 e. The molecule has 0 atom stereocenters. The van der Waals surface area contributed by atoms with E-state index in [1.54, 1.807) is 44.2 Å². The molecule has 27 heavy (non-hydrogen) atoms. The molecule has 0 N–H and O–H groups in total. The average molecular weight is 367 g/mol. The summed E-state index contributed by atoms with van der Waals surface area (Å²) in [5.41, 5.74) is -0.0706. The van der Waals surface area contributed by atoms with Crippen LogP contribution in [0.2, 0.25) is 0 Å². The minimum Gasteiger partial charge on any atom is -0.486 e. The second-order valence-corrected chi connectivity index (χ2v) is 6.81. The molecule has 0 spiro atoms. The van der Waals surface area contributed by atoms with E-state index in [-0.39, 0.29) is 11.1 Å².